The molecule has 0 spiro atoms. The van der Waals surface area contributed by atoms with Gasteiger partial charge in [-0.3, -0.25) is 4.68 Å². The fourth-order valence-electron chi connectivity index (χ4n) is 0.477. The molecular formula is C5H8N3S. The number of nitrogens with zero attached hydrogens (tertiary/aromatic N) is 3. The van der Waals surface area contributed by atoms with E-state index in [2.05, 4.69) is 17.0 Å². The Morgan fingerprint density at radius 3 is 3.11 bits per heavy atom. The summed E-state index contributed by atoms with van der Waals surface area (Å²) in [7, 11) is 1.85. The van der Waals surface area contributed by atoms with Crippen LogP contribution in [0, 0.1) is 6.92 Å². The summed E-state index contributed by atoms with van der Waals surface area (Å²) >= 11 is 1.54. The molecule has 1 radical (unpaired) electrons. The highest BCUT2D eigenvalue weighted by molar-refractivity contribution is 7.99. The molecule has 0 fully saturated rings. The minimum atomic E-state index is 0.782. The van der Waals surface area contributed by atoms with Gasteiger partial charge in [-0.05, 0) is 6.92 Å². The monoisotopic (exact) mass is 142 g/mol. The average molecular weight is 142 g/mol. The first-order chi connectivity index (χ1) is 4.33. The van der Waals surface area contributed by atoms with Gasteiger partial charge in [0.1, 0.15) is 6.33 Å². The van der Waals surface area contributed by atoms with Crippen molar-refractivity contribution < 1.29 is 0 Å². The van der Waals surface area contributed by atoms with E-state index in [1.807, 2.05) is 7.05 Å². The number of thioether (sulfide) groups is 1. The Balaban J connectivity index is 2.61. The van der Waals surface area contributed by atoms with E-state index in [9.17, 15) is 0 Å². The van der Waals surface area contributed by atoms with Crippen LogP contribution in [-0.4, -0.2) is 20.5 Å². The molecule has 0 saturated heterocycles. The van der Waals surface area contributed by atoms with Crippen molar-refractivity contribution in [2.24, 2.45) is 7.05 Å². The maximum Gasteiger partial charge on any atom is 0.208 e. The lowest BCUT2D eigenvalue weighted by Crippen LogP contribution is -1.86. The third-order valence-corrected chi connectivity index (χ3v) is 1.46. The molecular weight excluding hydrogens is 134 g/mol. The molecule has 1 heterocycles. The first-order valence-electron chi connectivity index (χ1n) is 2.60. The SMILES string of the molecule is [CH2]CSc1ncn(C)n1. The molecule has 0 atom stereocenters. The number of rotatable bonds is 2. The highest BCUT2D eigenvalue weighted by atomic mass is 32.2. The summed E-state index contributed by atoms with van der Waals surface area (Å²) in [5.41, 5.74) is 0. The zero-order valence-corrected chi connectivity index (χ0v) is 6.06. The van der Waals surface area contributed by atoms with Crippen LogP contribution in [0.25, 0.3) is 0 Å². The molecule has 0 aliphatic heterocycles. The van der Waals surface area contributed by atoms with Crippen molar-refractivity contribution in [2.45, 2.75) is 5.16 Å². The number of aryl methyl sites for hydroxylation is 1. The zero-order chi connectivity index (χ0) is 6.69. The Morgan fingerprint density at radius 1 is 1.89 bits per heavy atom. The molecule has 1 rings (SSSR count). The topological polar surface area (TPSA) is 30.7 Å². The molecule has 1 aromatic heterocycles. The Morgan fingerprint density at radius 2 is 2.67 bits per heavy atom. The molecule has 0 aromatic carbocycles. The summed E-state index contributed by atoms with van der Waals surface area (Å²) in [6.45, 7) is 3.66. The quantitative estimate of drug-likeness (QED) is 0.571. The molecule has 1 aromatic rings. The standard InChI is InChI=1S/C5H8N3S/c1-3-9-5-6-4-8(2)7-5/h4H,1,3H2,2H3. The maximum absolute atomic E-state index is 4.03. The van der Waals surface area contributed by atoms with E-state index in [4.69, 9.17) is 0 Å². The van der Waals surface area contributed by atoms with Crippen LogP contribution in [0.4, 0.5) is 0 Å². The highest BCUT2D eigenvalue weighted by Gasteiger charge is 1.94. The summed E-state index contributed by atoms with van der Waals surface area (Å²) in [6.07, 6.45) is 1.68. The second-order valence-corrected chi connectivity index (χ2v) is 2.61. The Bertz CT molecular complexity index is 184. The number of aromatic nitrogens is 3. The molecule has 3 nitrogen and oxygen atoms in total. The maximum atomic E-state index is 4.03. The van der Waals surface area contributed by atoms with Crippen LogP contribution in [0.2, 0.25) is 0 Å². The Labute approximate surface area is 58.5 Å². The lowest BCUT2D eigenvalue weighted by Gasteiger charge is -1.84. The molecule has 0 N–H and O–H groups in total. The molecule has 0 unspecified atom stereocenters. The normalized spacial score (nSPS) is 10.0. The van der Waals surface area contributed by atoms with Gasteiger partial charge in [-0.15, -0.1) is 5.10 Å². The van der Waals surface area contributed by atoms with Gasteiger partial charge in [0.25, 0.3) is 0 Å². The van der Waals surface area contributed by atoms with E-state index in [0.29, 0.717) is 0 Å². The van der Waals surface area contributed by atoms with E-state index in [0.717, 1.165) is 10.9 Å². The second-order valence-electron chi connectivity index (χ2n) is 1.55. The number of hydrogen-bond donors (Lipinski definition) is 0. The van der Waals surface area contributed by atoms with Crippen molar-refractivity contribution in [1.29, 1.82) is 0 Å². The third-order valence-electron chi connectivity index (χ3n) is 0.810. The lowest BCUT2D eigenvalue weighted by atomic mass is 11.0. The van der Waals surface area contributed by atoms with Crippen molar-refractivity contribution in [1.82, 2.24) is 14.8 Å². The Kier molecular flexibility index (Phi) is 2.10. The van der Waals surface area contributed by atoms with Gasteiger partial charge >= 0.3 is 0 Å². The molecule has 0 bridgehead atoms. The summed E-state index contributed by atoms with van der Waals surface area (Å²) in [5.74, 6) is 0.782. The van der Waals surface area contributed by atoms with E-state index >= 15 is 0 Å². The van der Waals surface area contributed by atoms with Gasteiger partial charge in [0.05, 0.1) is 0 Å². The van der Waals surface area contributed by atoms with E-state index < -0.39 is 0 Å². The molecule has 0 aliphatic rings. The van der Waals surface area contributed by atoms with Gasteiger partial charge in [0, 0.05) is 12.8 Å². The predicted octanol–water partition coefficient (Wildman–Crippen LogP) is 0.741. The van der Waals surface area contributed by atoms with Crippen LogP contribution in [-0.2, 0) is 7.05 Å². The molecule has 49 valence electrons. The first kappa shape index (κ1) is 6.61. The third kappa shape index (κ3) is 1.71. The van der Waals surface area contributed by atoms with Crippen LogP contribution in [0.5, 0.6) is 0 Å². The van der Waals surface area contributed by atoms with Crippen LogP contribution in [0.15, 0.2) is 11.5 Å². The average Bonchev–Trinajstić information content (AvgIpc) is 2.17. The van der Waals surface area contributed by atoms with Crippen LogP contribution in [0.3, 0.4) is 0 Å². The van der Waals surface area contributed by atoms with Crippen LogP contribution >= 0.6 is 11.8 Å². The van der Waals surface area contributed by atoms with Crippen molar-refractivity contribution in [3.8, 4) is 0 Å². The highest BCUT2D eigenvalue weighted by Crippen LogP contribution is 2.08. The number of hydrogen-bond acceptors (Lipinski definition) is 3. The largest absolute Gasteiger partial charge is 0.255 e. The molecule has 0 saturated carbocycles. The second kappa shape index (κ2) is 2.87. The summed E-state index contributed by atoms with van der Waals surface area (Å²) < 4.78 is 1.68. The molecule has 0 aliphatic carbocycles. The fraction of sp³-hybridized carbons (Fsp3) is 0.400. The van der Waals surface area contributed by atoms with Crippen molar-refractivity contribution in [3.63, 3.8) is 0 Å². The summed E-state index contributed by atoms with van der Waals surface area (Å²) in [6, 6.07) is 0. The minimum Gasteiger partial charge on any atom is -0.255 e. The summed E-state index contributed by atoms with van der Waals surface area (Å²) in [4.78, 5) is 3.98. The zero-order valence-electron chi connectivity index (χ0n) is 5.24. The van der Waals surface area contributed by atoms with Crippen molar-refractivity contribution in [3.05, 3.63) is 13.3 Å². The van der Waals surface area contributed by atoms with Gasteiger partial charge in [0.15, 0.2) is 0 Å². The van der Waals surface area contributed by atoms with Crippen LogP contribution < -0.4 is 0 Å². The van der Waals surface area contributed by atoms with Gasteiger partial charge in [-0.1, -0.05) is 11.8 Å². The van der Waals surface area contributed by atoms with Crippen molar-refractivity contribution in [2.75, 3.05) is 5.75 Å². The van der Waals surface area contributed by atoms with Gasteiger partial charge in [-0.2, -0.15) is 0 Å². The minimum absolute atomic E-state index is 0.782. The first-order valence-corrected chi connectivity index (χ1v) is 3.59. The molecule has 9 heavy (non-hydrogen) atoms. The lowest BCUT2D eigenvalue weighted by molar-refractivity contribution is 0.738. The van der Waals surface area contributed by atoms with E-state index in [1.165, 1.54) is 0 Å². The Hall–Kier alpha value is -0.510. The van der Waals surface area contributed by atoms with Gasteiger partial charge < -0.3 is 0 Å². The smallest absolute Gasteiger partial charge is 0.208 e. The fourth-order valence-corrected chi connectivity index (χ4v) is 0.968. The van der Waals surface area contributed by atoms with Crippen LogP contribution in [0.1, 0.15) is 0 Å². The van der Waals surface area contributed by atoms with E-state index in [1.54, 1.807) is 22.8 Å². The molecule has 0 amide bonds. The molecule has 4 heteroatoms. The van der Waals surface area contributed by atoms with Crippen molar-refractivity contribution >= 4 is 11.8 Å². The summed E-state index contributed by atoms with van der Waals surface area (Å²) in [5, 5.41) is 4.83. The predicted molar refractivity (Wildman–Crippen MR) is 37.1 cm³/mol. The van der Waals surface area contributed by atoms with Gasteiger partial charge in [-0.25, -0.2) is 4.98 Å². The van der Waals surface area contributed by atoms with Gasteiger partial charge in [0.2, 0.25) is 5.16 Å². The van der Waals surface area contributed by atoms with E-state index in [-0.39, 0.29) is 0 Å².